The Morgan fingerprint density at radius 1 is 0.684 bits per heavy atom. The fourth-order valence-corrected chi connectivity index (χ4v) is 1.85. The van der Waals surface area contributed by atoms with E-state index in [0.29, 0.717) is 5.15 Å². The second-order valence-electron chi connectivity index (χ2n) is 4.08. The van der Waals surface area contributed by atoms with Crippen molar-refractivity contribution in [3.8, 4) is 0 Å². The SMILES string of the molecule is Cc1cc(C)nc(C)n1.Cc1cc(Cl)nc(C)n1.N. The second kappa shape index (κ2) is 7.76. The van der Waals surface area contributed by atoms with E-state index in [-0.39, 0.29) is 6.15 Å². The lowest BCUT2D eigenvalue weighted by Crippen LogP contribution is -1.91. The van der Waals surface area contributed by atoms with Gasteiger partial charge in [0.25, 0.3) is 0 Å². The van der Waals surface area contributed by atoms with E-state index in [2.05, 4.69) is 19.9 Å². The maximum absolute atomic E-state index is 5.60. The first-order valence-electron chi connectivity index (χ1n) is 5.63. The Hall–Kier alpha value is -1.59. The number of nitrogens with zero attached hydrogens (tertiary/aromatic N) is 4. The average molecular weight is 282 g/mol. The smallest absolute Gasteiger partial charge is 0.133 e. The predicted molar refractivity (Wildman–Crippen MR) is 77.8 cm³/mol. The van der Waals surface area contributed by atoms with Crippen molar-refractivity contribution in [1.29, 1.82) is 0 Å². The van der Waals surface area contributed by atoms with Crippen LogP contribution in [-0.2, 0) is 0 Å². The lowest BCUT2D eigenvalue weighted by Gasteiger charge is -1.95. The fourth-order valence-electron chi connectivity index (χ4n) is 1.57. The normalized spacial score (nSPS) is 9.16. The van der Waals surface area contributed by atoms with E-state index in [1.54, 1.807) is 6.07 Å². The van der Waals surface area contributed by atoms with Gasteiger partial charge in [-0.1, -0.05) is 11.6 Å². The van der Waals surface area contributed by atoms with Crippen LogP contribution in [0.25, 0.3) is 0 Å². The van der Waals surface area contributed by atoms with Crippen LogP contribution < -0.4 is 6.15 Å². The first-order chi connectivity index (χ1) is 8.36. The molecule has 2 aromatic heterocycles. The Bertz CT molecular complexity index is 392. The molecule has 2 rings (SSSR count). The summed E-state index contributed by atoms with van der Waals surface area (Å²) < 4.78 is 0. The van der Waals surface area contributed by atoms with E-state index in [9.17, 15) is 0 Å². The zero-order valence-corrected chi connectivity index (χ0v) is 12.8. The number of aryl methyl sites for hydroxylation is 5. The van der Waals surface area contributed by atoms with Crippen LogP contribution in [0.2, 0.25) is 5.15 Å². The Morgan fingerprint density at radius 2 is 1.05 bits per heavy atom. The molecule has 2 heterocycles. The summed E-state index contributed by atoms with van der Waals surface area (Å²) in [4.78, 5) is 16.2. The molecule has 0 saturated heterocycles. The van der Waals surface area contributed by atoms with Gasteiger partial charge in [0.05, 0.1) is 0 Å². The summed E-state index contributed by atoms with van der Waals surface area (Å²) >= 11 is 5.60. The van der Waals surface area contributed by atoms with Gasteiger partial charge in [-0.15, -0.1) is 0 Å². The molecule has 19 heavy (non-hydrogen) atoms. The van der Waals surface area contributed by atoms with Gasteiger partial charge in [0, 0.05) is 17.1 Å². The predicted octanol–water partition coefficient (Wildman–Crippen LogP) is 3.31. The number of hydrogen-bond donors (Lipinski definition) is 1. The molecule has 3 N–H and O–H groups in total. The van der Waals surface area contributed by atoms with Crippen LogP contribution in [0.3, 0.4) is 0 Å². The summed E-state index contributed by atoms with van der Waals surface area (Å²) in [5.41, 5.74) is 2.99. The van der Waals surface area contributed by atoms with E-state index in [1.165, 1.54) is 0 Å². The van der Waals surface area contributed by atoms with E-state index in [4.69, 9.17) is 11.6 Å². The van der Waals surface area contributed by atoms with E-state index >= 15 is 0 Å². The minimum absolute atomic E-state index is 0. The molecule has 0 aromatic carbocycles. The molecule has 0 radical (unpaired) electrons. The van der Waals surface area contributed by atoms with Crippen LogP contribution in [-0.4, -0.2) is 19.9 Å². The second-order valence-corrected chi connectivity index (χ2v) is 4.46. The Kier molecular flexibility index (Phi) is 7.11. The van der Waals surface area contributed by atoms with Crippen molar-refractivity contribution in [2.75, 3.05) is 0 Å². The summed E-state index contributed by atoms with van der Waals surface area (Å²) in [6.07, 6.45) is 0. The van der Waals surface area contributed by atoms with Crippen LogP contribution >= 0.6 is 11.6 Å². The summed E-state index contributed by atoms with van der Waals surface area (Å²) in [6, 6.07) is 3.70. The lowest BCUT2D eigenvalue weighted by molar-refractivity contribution is 0.976. The van der Waals surface area contributed by atoms with Gasteiger partial charge in [-0.3, -0.25) is 0 Å². The number of aromatic nitrogens is 4. The highest BCUT2D eigenvalue weighted by molar-refractivity contribution is 6.29. The maximum Gasteiger partial charge on any atom is 0.133 e. The van der Waals surface area contributed by atoms with E-state index in [0.717, 1.165) is 28.7 Å². The highest BCUT2D eigenvalue weighted by Crippen LogP contribution is 2.04. The molecule has 0 bridgehead atoms. The lowest BCUT2D eigenvalue weighted by atomic mass is 10.3. The largest absolute Gasteiger partial charge is 0.344 e. The van der Waals surface area contributed by atoms with Crippen molar-refractivity contribution < 1.29 is 0 Å². The van der Waals surface area contributed by atoms with Crippen LogP contribution in [0, 0.1) is 34.6 Å². The number of hydrogen-bond acceptors (Lipinski definition) is 5. The molecule has 5 nitrogen and oxygen atoms in total. The van der Waals surface area contributed by atoms with Crippen LogP contribution in [0.1, 0.15) is 28.7 Å². The third-order valence-corrected chi connectivity index (χ3v) is 2.22. The molecule has 104 valence electrons. The molecular formula is C13H20ClN5. The number of halogens is 1. The highest BCUT2D eigenvalue weighted by atomic mass is 35.5. The van der Waals surface area contributed by atoms with Gasteiger partial charge in [-0.25, -0.2) is 19.9 Å². The minimum Gasteiger partial charge on any atom is -0.344 e. The topological polar surface area (TPSA) is 86.6 Å². The molecule has 0 amide bonds. The molecular weight excluding hydrogens is 262 g/mol. The summed E-state index contributed by atoms with van der Waals surface area (Å²) in [5, 5.41) is 0.514. The van der Waals surface area contributed by atoms with Gasteiger partial charge in [0.2, 0.25) is 0 Å². The third-order valence-electron chi connectivity index (χ3n) is 2.03. The van der Waals surface area contributed by atoms with Crippen molar-refractivity contribution in [1.82, 2.24) is 26.1 Å². The van der Waals surface area contributed by atoms with Crippen molar-refractivity contribution >= 4 is 11.6 Å². The van der Waals surface area contributed by atoms with E-state index in [1.807, 2.05) is 40.7 Å². The van der Waals surface area contributed by atoms with Crippen LogP contribution in [0.5, 0.6) is 0 Å². The summed E-state index contributed by atoms with van der Waals surface area (Å²) in [6.45, 7) is 9.56. The zero-order valence-electron chi connectivity index (χ0n) is 12.0. The molecule has 0 aliphatic carbocycles. The molecule has 0 unspecified atom stereocenters. The number of rotatable bonds is 0. The van der Waals surface area contributed by atoms with Crippen LogP contribution in [0.15, 0.2) is 12.1 Å². The average Bonchev–Trinajstić information content (AvgIpc) is 2.12. The van der Waals surface area contributed by atoms with Gasteiger partial charge < -0.3 is 6.15 Å². The van der Waals surface area contributed by atoms with Gasteiger partial charge in [-0.05, 0) is 46.8 Å². The summed E-state index contributed by atoms with van der Waals surface area (Å²) in [7, 11) is 0. The van der Waals surface area contributed by atoms with Gasteiger partial charge in [0.1, 0.15) is 16.8 Å². The van der Waals surface area contributed by atoms with Crippen molar-refractivity contribution in [2.45, 2.75) is 34.6 Å². The monoisotopic (exact) mass is 281 g/mol. The molecule has 2 aromatic rings. The molecule has 0 fully saturated rings. The third kappa shape index (κ3) is 6.79. The summed E-state index contributed by atoms with van der Waals surface area (Å²) in [5.74, 6) is 1.58. The van der Waals surface area contributed by atoms with Gasteiger partial charge in [-0.2, -0.15) is 0 Å². The van der Waals surface area contributed by atoms with E-state index < -0.39 is 0 Å². The minimum atomic E-state index is 0. The maximum atomic E-state index is 5.60. The molecule has 6 heteroatoms. The van der Waals surface area contributed by atoms with Gasteiger partial charge >= 0.3 is 0 Å². The van der Waals surface area contributed by atoms with Gasteiger partial charge in [0.15, 0.2) is 0 Å². The van der Waals surface area contributed by atoms with Crippen molar-refractivity contribution in [3.05, 3.63) is 46.0 Å². The van der Waals surface area contributed by atoms with Crippen LogP contribution in [0.4, 0.5) is 0 Å². The first kappa shape index (κ1) is 17.4. The molecule has 0 spiro atoms. The Labute approximate surface area is 119 Å². The molecule has 0 saturated carbocycles. The Balaban J connectivity index is 0.000000324. The zero-order chi connectivity index (χ0) is 13.7. The molecule has 0 aliphatic heterocycles. The first-order valence-corrected chi connectivity index (χ1v) is 6.01. The fraction of sp³-hybridized carbons (Fsp3) is 0.385. The Morgan fingerprint density at radius 3 is 1.37 bits per heavy atom. The van der Waals surface area contributed by atoms with Crippen molar-refractivity contribution in [3.63, 3.8) is 0 Å². The quantitative estimate of drug-likeness (QED) is 0.749. The molecule has 0 aliphatic rings. The standard InChI is InChI=1S/C7H10N2.C6H7ClN2.H3N/c1-5-4-6(2)9-7(3)8-5;1-4-3-6(7)9-5(2)8-4;/h4H,1-3H3;3H,1-2H3;1H3. The molecule has 0 atom stereocenters. The highest BCUT2D eigenvalue weighted by Gasteiger charge is 1.92. The van der Waals surface area contributed by atoms with Crippen molar-refractivity contribution in [2.24, 2.45) is 0 Å².